The predicted octanol–water partition coefficient (Wildman–Crippen LogP) is 2.10. The van der Waals surface area contributed by atoms with Gasteiger partial charge in [0.25, 0.3) is 0 Å². The molecular weight excluding hydrogens is 205 g/mol. The van der Waals surface area contributed by atoms with Gasteiger partial charge in [0.05, 0.1) is 18.3 Å². The van der Waals surface area contributed by atoms with Crippen molar-refractivity contribution in [2.75, 3.05) is 6.54 Å². The van der Waals surface area contributed by atoms with Crippen molar-refractivity contribution in [1.29, 1.82) is 5.26 Å². The fourth-order valence-electron chi connectivity index (χ4n) is 2.10. The van der Waals surface area contributed by atoms with Gasteiger partial charge >= 0.3 is 0 Å². The SMILES string of the molecule is N#CC1CCCCN1Cc1cncc(F)c1. The smallest absolute Gasteiger partial charge is 0.141 e. The quantitative estimate of drug-likeness (QED) is 0.764. The Morgan fingerprint density at radius 1 is 1.50 bits per heavy atom. The van der Waals surface area contributed by atoms with Gasteiger partial charge in [-0.05, 0) is 37.4 Å². The fraction of sp³-hybridized carbons (Fsp3) is 0.500. The van der Waals surface area contributed by atoms with Crippen LogP contribution in [0.2, 0.25) is 0 Å². The maximum absolute atomic E-state index is 13.0. The summed E-state index contributed by atoms with van der Waals surface area (Å²) >= 11 is 0. The van der Waals surface area contributed by atoms with Crippen LogP contribution in [0.3, 0.4) is 0 Å². The van der Waals surface area contributed by atoms with E-state index in [0.717, 1.165) is 31.4 Å². The van der Waals surface area contributed by atoms with Gasteiger partial charge in [-0.1, -0.05) is 0 Å². The van der Waals surface area contributed by atoms with Crippen LogP contribution in [-0.2, 0) is 6.54 Å². The molecule has 1 aliphatic rings. The lowest BCUT2D eigenvalue weighted by Gasteiger charge is -2.31. The number of aromatic nitrogens is 1. The summed E-state index contributed by atoms with van der Waals surface area (Å²) in [7, 11) is 0. The zero-order chi connectivity index (χ0) is 11.4. The van der Waals surface area contributed by atoms with E-state index >= 15 is 0 Å². The van der Waals surface area contributed by atoms with E-state index in [2.05, 4.69) is 16.0 Å². The third-order valence-electron chi connectivity index (χ3n) is 2.91. The molecule has 2 heterocycles. The molecule has 4 heteroatoms. The lowest BCUT2D eigenvalue weighted by atomic mass is 10.0. The van der Waals surface area contributed by atoms with Crippen LogP contribution in [0.4, 0.5) is 4.39 Å². The van der Waals surface area contributed by atoms with Crippen molar-refractivity contribution in [3.05, 3.63) is 29.8 Å². The van der Waals surface area contributed by atoms with Crippen molar-refractivity contribution in [2.45, 2.75) is 31.8 Å². The largest absolute Gasteiger partial charge is 0.284 e. The first-order chi connectivity index (χ1) is 7.79. The van der Waals surface area contributed by atoms with Gasteiger partial charge < -0.3 is 0 Å². The average Bonchev–Trinajstić information content (AvgIpc) is 2.30. The molecule has 0 aliphatic carbocycles. The molecule has 1 fully saturated rings. The van der Waals surface area contributed by atoms with Crippen LogP contribution in [0.15, 0.2) is 18.5 Å². The second-order valence-corrected chi connectivity index (χ2v) is 4.12. The van der Waals surface area contributed by atoms with Crippen molar-refractivity contribution in [3.8, 4) is 6.07 Å². The molecule has 3 nitrogen and oxygen atoms in total. The zero-order valence-electron chi connectivity index (χ0n) is 9.06. The maximum atomic E-state index is 13.0. The molecule has 1 atom stereocenters. The third-order valence-corrected chi connectivity index (χ3v) is 2.91. The first-order valence-electron chi connectivity index (χ1n) is 5.52. The van der Waals surface area contributed by atoms with Crippen LogP contribution in [0.5, 0.6) is 0 Å². The highest BCUT2D eigenvalue weighted by molar-refractivity contribution is 5.11. The number of rotatable bonds is 2. The van der Waals surface area contributed by atoms with Crippen LogP contribution < -0.4 is 0 Å². The summed E-state index contributed by atoms with van der Waals surface area (Å²) in [6, 6.07) is 3.75. The van der Waals surface area contributed by atoms with Crippen LogP contribution in [0.25, 0.3) is 0 Å². The van der Waals surface area contributed by atoms with Crippen LogP contribution >= 0.6 is 0 Å². The van der Waals surface area contributed by atoms with Crippen molar-refractivity contribution in [1.82, 2.24) is 9.88 Å². The topological polar surface area (TPSA) is 39.9 Å². The molecular formula is C12H14FN3. The number of likely N-dealkylation sites (tertiary alicyclic amines) is 1. The summed E-state index contributed by atoms with van der Waals surface area (Å²) in [5, 5.41) is 9.01. The highest BCUT2D eigenvalue weighted by atomic mass is 19.1. The van der Waals surface area contributed by atoms with E-state index in [0.29, 0.717) is 6.54 Å². The molecule has 1 unspecified atom stereocenters. The lowest BCUT2D eigenvalue weighted by molar-refractivity contribution is 0.176. The van der Waals surface area contributed by atoms with Gasteiger partial charge in [-0.15, -0.1) is 0 Å². The molecule has 1 saturated heterocycles. The Labute approximate surface area is 94.5 Å². The van der Waals surface area contributed by atoms with Gasteiger partial charge in [0.1, 0.15) is 5.82 Å². The molecule has 0 bridgehead atoms. The molecule has 84 valence electrons. The van der Waals surface area contributed by atoms with E-state index in [1.165, 1.54) is 12.3 Å². The van der Waals surface area contributed by atoms with Gasteiger partial charge in [-0.2, -0.15) is 5.26 Å². The molecule has 0 spiro atoms. The Morgan fingerprint density at radius 2 is 2.38 bits per heavy atom. The van der Waals surface area contributed by atoms with Crippen molar-refractivity contribution in [2.24, 2.45) is 0 Å². The van der Waals surface area contributed by atoms with Crippen LogP contribution in [-0.4, -0.2) is 22.5 Å². The first-order valence-corrected chi connectivity index (χ1v) is 5.52. The number of hydrogen-bond acceptors (Lipinski definition) is 3. The van der Waals surface area contributed by atoms with Crippen LogP contribution in [0, 0.1) is 17.1 Å². The fourth-order valence-corrected chi connectivity index (χ4v) is 2.10. The van der Waals surface area contributed by atoms with Gasteiger partial charge in [-0.25, -0.2) is 4.39 Å². The summed E-state index contributed by atoms with van der Waals surface area (Å²) < 4.78 is 13.0. The average molecular weight is 219 g/mol. The van der Waals surface area contributed by atoms with Crippen molar-refractivity contribution >= 4 is 0 Å². The molecule has 0 N–H and O–H groups in total. The lowest BCUT2D eigenvalue weighted by Crippen LogP contribution is -2.37. The minimum Gasteiger partial charge on any atom is -0.284 e. The number of halogens is 1. The van der Waals surface area contributed by atoms with E-state index in [9.17, 15) is 4.39 Å². The number of nitriles is 1. The molecule has 2 rings (SSSR count). The van der Waals surface area contributed by atoms with E-state index in [-0.39, 0.29) is 11.9 Å². The number of hydrogen-bond donors (Lipinski definition) is 0. The van der Waals surface area contributed by atoms with E-state index in [1.807, 2.05) is 0 Å². The summed E-state index contributed by atoms with van der Waals surface area (Å²) in [6.07, 6.45) is 5.99. The van der Waals surface area contributed by atoms with Crippen molar-refractivity contribution in [3.63, 3.8) is 0 Å². The van der Waals surface area contributed by atoms with Gasteiger partial charge in [0, 0.05) is 12.7 Å². The molecule has 1 aliphatic heterocycles. The summed E-state index contributed by atoms with van der Waals surface area (Å²) in [5.74, 6) is -0.317. The highest BCUT2D eigenvalue weighted by Gasteiger charge is 2.21. The Bertz CT molecular complexity index is 399. The van der Waals surface area contributed by atoms with E-state index in [4.69, 9.17) is 5.26 Å². The second kappa shape index (κ2) is 5.04. The Hall–Kier alpha value is -1.47. The Morgan fingerprint density at radius 3 is 3.12 bits per heavy atom. The Kier molecular flexibility index (Phi) is 3.47. The van der Waals surface area contributed by atoms with E-state index < -0.39 is 0 Å². The monoisotopic (exact) mass is 219 g/mol. The molecule has 1 aromatic rings. The summed E-state index contributed by atoms with van der Waals surface area (Å²) in [4.78, 5) is 5.91. The standard InChI is InChI=1S/C12H14FN3/c13-11-5-10(7-15-8-11)9-16-4-2-1-3-12(16)6-14/h5,7-8,12H,1-4,9H2. The van der Waals surface area contributed by atoms with Gasteiger partial charge in [0.2, 0.25) is 0 Å². The summed E-state index contributed by atoms with van der Waals surface area (Å²) in [5.41, 5.74) is 0.835. The highest BCUT2D eigenvalue weighted by Crippen LogP contribution is 2.18. The molecule has 0 amide bonds. The normalized spacial score (nSPS) is 21.6. The van der Waals surface area contributed by atoms with Crippen molar-refractivity contribution < 1.29 is 4.39 Å². The number of piperidine rings is 1. The third kappa shape index (κ3) is 2.56. The minimum atomic E-state index is -0.317. The second-order valence-electron chi connectivity index (χ2n) is 4.12. The van der Waals surface area contributed by atoms with E-state index in [1.54, 1.807) is 6.20 Å². The number of pyridine rings is 1. The minimum absolute atomic E-state index is 0.0305. The molecule has 16 heavy (non-hydrogen) atoms. The van der Waals surface area contributed by atoms with Gasteiger partial charge in [0.15, 0.2) is 0 Å². The molecule has 0 radical (unpaired) electrons. The molecule has 0 aromatic carbocycles. The zero-order valence-corrected chi connectivity index (χ0v) is 9.06. The first kappa shape index (κ1) is 11.0. The summed E-state index contributed by atoms with van der Waals surface area (Å²) in [6.45, 7) is 1.53. The van der Waals surface area contributed by atoms with Gasteiger partial charge in [-0.3, -0.25) is 9.88 Å². The Balaban J connectivity index is 2.05. The maximum Gasteiger partial charge on any atom is 0.141 e. The number of nitrogens with zero attached hydrogens (tertiary/aromatic N) is 3. The molecule has 1 aromatic heterocycles. The molecule has 0 saturated carbocycles. The predicted molar refractivity (Wildman–Crippen MR) is 57.9 cm³/mol. The van der Waals surface area contributed by atoms with Crippen LogP contribution in [0.1, 0.15) is 24.8 Å².